The summed E-state index contributed by atoms with van der Waals surface area (Å²) in [5, 5.41) is 22.6. The van der Waals surface area contributed by atoms with Crippen molar-refractivity contribution in [3.05, 3.63) is 129 Å². The Morgan fingerprint density at radius 1 is 1.05 bits per heavy atom. The first-order valence-corrected chi connectivity index (χ1v) is 14.0. The second-order valence-corrected chi connectivity index (χ2v) is 10.4. The molecule has 0 fully saturated rings. The van der Waals surface area contributed by atoms with E-state index in [-0.39, 0.29) is 23.7 Å². The monoisotopic (exact) mass is 616 g/mol. The van der Waals surface area contributed by atoms with Crippen molar-refractivity contribution < 1.29 is 28.9 Å². The van der Waals surface area contributed by atoms with E-state index in [1.165, 1.54) is 11.7 Å². The van der Waals surface area contributed by atoms with Crippen LogP contribution in [0.25, 0.3) is 6.08 Å². The maximum absolute atomic E-state index is 13.9. The Balaban J connectivity index is 1.59. The zero-order valence-electron chi connectivity index (χ0n) is 23.6. The van der Waals surface area contributed by atoms with E-state index in [0.29, 0.717) is 31.9 Å². The number of methoxy groups -OCH3 is 1. The number of nitro groups is 2. The molecule has 13 nitrogen and oxygen atoms in total. The van der Waals surface area contributed by atoms with Gasteiger partial charge in [0.2, 0.25) is 5.75 Å². The summed E-state index contributed by atoms with van der Waals surface area (Å²) in [5.41, 5.74) is 0.328. The van der Waals surface area contributed by atoms with E-state index in [1.54, 1.807) is 68.5 Å². The molecule has 0 spiro atoms. The largest absolute Gasteiger partial charge is 0.496 e. The minimum atomic E-state index is -0.860. The first-order chi connectivity index (χ1) is 21.1. The molecular weight excluding hydrogens is 592 g/mol. The Hall–Kier alpha value is -5.63. The minimum absolute atomic E-state index is 0.139. The third kappa shape index (κ3) is 5.70. The van der Waals surface area contributed by atoms with Crippen LogP contribution in [0.4, 0.5) is 11.4 Å². The molecule has 0 aliphatic carbocycles. The van der Waals surface area contributed by atoms with Crippen LogP contribution in [0, 0.1) is 20.2 Å². The molecule has 0 unspecified atom stereocenters. The van der Waals surface area contributed by atoms with Gasteiger partial charge in [-0.15, -0.1) is 0 Å². The number of benzene rings is 3. The van der Waals surface area contributed by atoms with Gasteiger partial charge in [0, 0.05) is 11.6 Å². The van der Waals surface area contributed by atoms with Crippen LogP contribution in [-0.2, 0) is 9.53 Å². The number of carbonyl (C=O) groups excluding carboxylic acids is 1. The molecule has 2 heterocycles. The molecule has 0 saturated heterocycles. The first kappa shape index (κ1) is 29.8. The van der Waals surface area contributed by atoms with Gasteiger partial charge in [0.15, 0.2) is 4.80 Å². The number of non-ortho nitro benzene ring substituents is 1. The predicted octanol–water partition coefficient (Wildman–Crippen LogP) is 4.42. The lowest BCUT2D eigenvalue weighted by atomic mass is 9.95. The molecule has 3 aromatic carbocycles. The standard InChI is InChI=1S/C30H24N4O9S/c1-4-42-29(36)26-17(2)31-30-32(27(26)21-10-5-6-11-23(21)41-3)28(35)25(44-30)15-18-8-7-9-20(14-18)43-24-13-12-19(33(37)38)16-22(24)34(39)40/h5-16,27H,4H2,1-3H3/b25-15-/t27-/m1/s1. The van der Waals surface area contributed by atoms with Crippen molar-refractivity contribution in [2.45, 2.75) is 19.9 Å². The number of rotatable bonds is 9. The van der Waals surface area contributed by atoms with Crippen LogP contribution in [0.3, 0.4) is 0 Å². The number of thiazole rings is 1. The fraction of sp³-hybridized carbons (Fsp3) is 0.167. The normalized spacial score (nSPS) is 14.4. The quantitative estimate of drug-likeness (QED) is 0.150. The number of carbonyl (C=O) groups is 1. The zero-order valence-corrected chi connectivity index (χ0v) is 24.4. The van der Waals surface area contributed by atoms with Gasteiger partial charge in [-0.25, -0.2) is 9.79 Å². The number of fused-ring (bicyclic) bond motifs is 1. The van der Waals surface area contributed by atoms with E-state index in [9.17, 15) is 29.8 Å². The van der Waals surface area contributed by atoms with E-state index in [1.807, 2.05) is 0 Å². The van der Waals surface area contributed by atoms with E-state index < -0.39 is 38.8 Å². The summed E-state index contributed by atoms with van der Waals surface area (Å²) in [4.78, 5) is 53.1. The van der Waals surface area contributed by atoms with E-state index >= 15 is 0 Å². The van der Waals surface area contributed by atoms with Crippen LogP contribution < -0.4 is 24.4 Å². The molecule has 14 heteroatoms. The smallest absolute Gasteiger partial charge is 0.338 e. The average Bonchev–Trinajstić information content (AvgIpc) is 3.30. The van der Waals surface area contributed by atoms with Gasteiger partial charge in [-0.1, -0.05) is 41.7 Å². The molecule has 0 N–H and O–H groups in total. The Morgan fingerprint density at radius 3 is 2.52 bits per heavy atom. The highest BCUT2D eigenvalue weighted by molar-refractivity contribution is 7.07. The Morgan fingerprint density at radius 2 is 1.82 bits per heavy atom. The molecule has 0 saturated carbocycles. The summed E-state index contributed by atoms with van der Waals surface area (Å²) < 4.78 is 18.4. The number of hydrogen-bond donors (Lipinski definition) is 0. The lowest BCUT2D eigenvalue weighted by Crippen LogP contribution is -2.40. The zero-order chi connectivity index (χ0) is 31.5. The SMILES string of the molecule is CCOC(=O)C1=C(C)N=c2s/c(=C\c3cccc(Oc4ccc([N+](=O)[O-])cc4[N+](=O)[O-])c3)c(=O)n2[C@@H]1c1ccccc1OC. The van der Waals surface area contributed by atoms with Crippen molar-refractivity contribution in [2.24, 2.45) is 4.99 Å². The molecule has 4 aromatic rings. The summed E-state index contributed by atoms with van der Waals surface area (Å²) in [6.45, 7) is 3.52. The summed E-state index contributed by atoms with van der Waals surface area (Å²) in [6, 6.07) is 15.8. The lowest BCUT2D eigenvalue weighted by Gasteiger charge is -2.25. The molecule has 1 aliphatic heterocycles. The number of para-hydroxylation sites is 1. The third-order valence-electron chi connectivity index (χ3n) is 6.68. The van der Waals surface area contributed by atoms with Gasteiger partial charge >= 0.3 is 11.7 Å². The molecule has 44 heavy (non-hydrogen) atoms. The van der Waals surface area contributed by atoms with Crippen LogP contribution in [-0.4, -0.2) is 34.1 Å². The maximum Gasteiger partial charge on any atom is 0.338 e. The van der Waals surface area contributed by atoms with Gasteiger partial charge in [-0.2, -0.15) is 0 Å². The van der Waals surface area contributed by atoms with Crippen LogP contribution in [0.15, 0.2) is 87.8 Å². The van der Waals surface area contributed by atoms with Crippen LogP contribution in [0.2, 0.25) is 0 Å². The van der Waals surface area contributed by atoms with Crippen molar-refractivity contribution in [1.82, 2.24) is 4.57 Å². The maximum atomic E-state index is 13.9. The van der Waals surface area contributed by atoms with Crippen LogP contribution in [0.5, 0.6) is 17.2 Å². The number of aromatic nitrogens is 1. The highest BCUT2D eigenvalue weighted by atomic mass is 32.1. The highest BCUT2D eigenvalue weighted by Gasteiger charge is 2.35. The van der Waals surface area contributed by atoms with Crippen molar-refractivity contribution in [3.63, 3.8) is 0 Å². The number of nitro benzene ring substituents is 2. The van der Waals surface area contributed by atoms with Crippen molar-refractivity contribution in [2.75, 3.05) is 13.7 Å². The van der Waals surface area contributed by atoms with E-state index in [2.05, 4.69) is 4.99 Å². The average molecular weight is 617 g/mol. The van der Waals surface area contributed by atoms with E-state index in [4.69, 9.17) is 14.2 Å². The van der Waals surface area contributed by atoms with Gasteiger partial charge in [0.25, 0.3) is 11.2 Å². The van der Waals surface area contributed by atoms with E-state index in [0.717, 1.165) is 29.5 Å². The van der Waals surface area contributed by atoms with Crippen LogP contribution in [0.1, 0.15) is 31.0 Å². The fourth-order valence-corrected chi connectivity index (χ4v) is 5.82. The Bertz CT molecular complexity index is 2030. The molecule has 1 aliphatic rings. The summed E-state index contributed by atoms with van der Waals surface area (Å²) >= 11 is 1.13. The van der Waals surface area contributed by atoms with Crippen molar-refractivity contribution in [3.8, 4) is 17.2 Å². The molecule has 224 valence electrons. The molecule has 1 aromatic heterocycles. The Kier molecular flexibility index (Phi) is 8.35. The van der Waals surface area contributed by atoms with Gasteiger partial charge in [0.1, 0.15) is 17.5 Å². The predicted molar refractivity (Wildman–Crippen MR) is 160 cm³/mol. The lowest BCUT2D eigenvalue weighted by molar-refractivity contribution is -0.394. The molecular formula is C30H24N4O9S. The molecule has 0 amide bonds. The molecule has 5 rings (SSSR count). The number of nitrogens with zero attached hydrogens (tertiary/aromatic N) is 4. The minimum Gasteiger partial charge on any atom is -0.496 e. The van der Waals surface area contributed by atoms with Crippen molar-refractivity contribution >= 4 is 34.8 Å². The van der Waals surface area contributed by atoms with Gasteiger partial charge in [-0.05, 0) is 49.8 Å². The molecule has 1 atom stereocenters. The summed E-state index contributed by atoms with van der Waals surface area (Å²) in [7, 11) is 1.50. The second kappa shape index (κ2) is 12.3. The second-order valence-electron chi connectivity index (χ2n) is 9.39. The summed E-state index contributed by atoms with van der Waals surface area (Å²) in [6.07, 6.45) is 1.61. The summed E-state index contributed by atoms with van der Waals surface area (Å²) in [5.74, 6) is -0.0930. The number of allylic oxidation sites excluding steroid dienone is 1. The molecule has 0 radical (unpaired) electrons. The highest BCUT2D eigenvalue weighted by Crippen LogP contribution is 2.36. The number of ether oxygens (including phenoxy) is 3. The number of hydrogen-bond acceptors (Lipinski definition) is 11. The topological polar surface area (TPSA) is 165 Å². The van der Waals surface area contributed by atoms with Gasteiger partial charge < -0.3 is 14.2 Å². The Labute approximate surface area is 252 Å². The number of esters is 1. The van der Waals surface area contributed by atoms with Gasteiger partial charge in [0.05, 0.1) is 45.4 Å². The van der Waals surface area contributed by atoms with Crippen LogP contribution >= 0.6 is 11.3 Å². The first-order valence-electron chi connectivity index (χ1n) is 13.2. The third-order valence-corrected chi connectivity index (χ3v) is 7.67. The van der Waals surface area contributed by atoms with Gasteiger partial charge in [-0.3, -0.25) is 29.6 Å². The van der Waals surface area contributed by atoms with Crippen molar-refractivity contribution in [1.29, 1.82) is 0 Å². The fourth-order valence-electron chi connectivity index (χ4n) is 4.77. The molecule has 0 bridgehead atoms.